The van der Waals surface area contributed by atoms with Crippen molar-refractivity contribution in [3.05, 3.63) is 67.8 Å². The van der Waals surface area contributed by atoms with Crippen LogP contribution in [0.1, 0.15) is 11.1 Å². The molecule has 0 aliphatic carbocycles. The zero-order chi connectivity index (χ0) is 17.7. The van der Waals surface area contributed by atoms with E-state index in [0.29, 0.717) is 5.56 Å². The lowest BCUT2D eigenvalue weighted by Gasteiger charge is -2.00. The molecule has 0 radical (unpaired) electrons. The second-order valence-electron chi connectivity index (χ2n) is 4.49. The van der Waals surface area contributed by atoms with Gasteiger partial charge in [-0.15, -0.1) is 0 Å². The SMILES string of the molecule is O=[N+]([O-])c1ccc(/C=N\N=C/c2cc([N+](=O)[O-])c(O)cc2O)cc1. The lowest BCUT2D eigenvalue weighted by atomic mass is 10.2. The van der Waals surface area contributed by atoms with Crippen LogP contribution in [0, 0.1) is 20.2 Å². The standard InChI is InChI=1S/C14H10N4O6/c19-13-6-14(20)12(18(23)24)5-10(13)8-16-15-7-9-1-3-11(4-2-9)17(21)22/h1-8,19-20H/b15-7-,16-8-. The number of nitrogens with zero attached hydrogens (tertiary/aromatic N) is 4. The van der Waals surface area contributed by atoms with E-state index in [1.54, 1.807) is 0 Å². The van der Waals surface area contributed by atoms with Crippen LogP contribution in [0.25, 0.3) is 0 Å². The van der Waals surface area contributed by atoms with Crippen LogP contribution in [0.15, 0.2) is 46.6 Å². The Morgan fingerprint density at radius 3 is 2.08 bits per heavy atom. The summed E-state index contributed by atoms with van der Waals surface area (Å²) in [4.78, 5) is 19.9. The Labute approximate surface area is 134 Å². The molecule has 0 amide bonds. The predicted molar refractivity (Wildman–Crippen MR) is 84.7 cm³/mol. The summed E-state index contributed by atoms with van der Waals surface area (Å²) in [5.41, 5.74) is -0.0791. The molecule has 0 unspecified atom stereocenters. The van der Waals surface area contributed by atoms with Crippen LogP contribution in [0.4, 0.5) is 11.4 Å². The highest BCUT2D eigenvalue weighted by Crippen LogP contribution is 2.31. The molecule has 2 aromatic rings. The first-order valence-corrected chi connectivity index (χ1v) is 6.39. The Morgan fingerprint density at radius 2 is 1.50 bits per heavy atom. The summed E-state index contributed by atoms with van der Waals surface area (Å²) in [5, 5.41) is 47.5. The number of phenolic OH excluding ortho intramolecular Hbond substituents is 2. The monoisotopic (exact) mass is 330 g/mol. The van der Waals surface area contributed by atoms with Crippen molar-refractivity contribution < 1.29 is 20.1 Å². The summed E-state index contributed by atoms with van der Waals surface area (Å²) in [6, 6.07) is 7.34. The van der Waals surface area contributed by atoms with E-state index in [-0.39, 0.29) is 11.3 Å². The molecule has 0 bridgehead atoms. The average Bonchev–Trinajstić information content (AvgIpc) is 2.53. The van der Waals surface area contributed by atoms with Gasteiger partial charge in [-0.2, -0.15) is 10.2 Å². The summed E-state index contributed by atoms with van der Waals surface area (Å²) in [6.45, 7) is 0. The number of nitro benzene ring substituents is 2. The minimum absolute atomic E-state index is 0.000324. The molecule has 2 rings (SSSR count). The van der Waals surface area contributed by atoms with Crippen LogP contribution in [0.5, 0.6) is 11.5 Å². The van der Waals surface area contributed by atoms with Crippen molar-refractivity contribution in [1.29, 1.82) is 0 Å². The van der Waals surface area contributed by atoms with E-state index in [0.717, 1.165) is 18.3 Å². The van der Waals surface area contributed by atoms with Crippen LogP contribution in [-0.2, 0) is 0 Å². The largest absolute Gasteiger partial charge is 0.507 e. The third kappa shape index (κ3) is 3.88. The van der Waals surface area contributed by atoms with Crippen molar-refractivity contribution in [2.75, 3.05) is 0 Å². The molecule has 0 aliphatic rings. The molecule has 0 spiro atoms. The Morgan fingerprint density at radius 1 is 0.875 bits per heavy atom. The molecule has 2 N–H and O–H groups in total. The zero-order valence-corrected chi connectivity index (χ0v) is 11.9. The first-order chi connectivity index (χ1) is 11.4. The third-order valence-corrected chi connectivity index (χ3v) is 2.89. The molecule has 0 atom stereocenters. The first kappa shape index (κ1) is 16.5. The molecule has 10 nitrogen and oxygen atoms in total. The summed E-state index contributed by atoms with van der Waals surface area (Å²) in [6.07, 6.45) is 2.38. The van der Waals surface area contributed by atoms with Gasteiger partial charge in [-0.3, -0.25) is 20.2 Å². The van der Waals surface area contributed by atoms with Gasteiger partial charge >= 0.3 is 5.69 Å². The molecule has 0 heterocycles. The first-order valence-electron chi connectivity index (χ1n) is 6.39. The van der Waals surface area contributed by atoms with Crippen molar-refractivity contribution in [2.24, 2.45) is 10.2 Å². The molecule has 0 saturated carbocycles. The second kappa shape index (κ2) is 6.96. The van der Waals surface area contributed by atoms with Gasteiger partial charge in [0.25, 0.3) is 5.69 Å². The van der Waals surface area contributed by atoms with Gasteiger partial charge in [0, 0.05) is 29.8 Å². The van der Waals surface area contributed by atoms with Gasteiger partial charge in [-0.25, -0.2) is 0 Å². The van der Waals surface area contributed by atoms with Crippen LogP contribution in [0.3, 0.4) is 0 Å². The molecule has 10 heteroatoms. The van der Waals surface area contributed by atoms with Crippen LogP contribution in [-0.4, -0.2) is 32.5 Å². The molecule has 0 saturated heterocycles. The molecule has 0 aliphatic heterocycles. The molecule has 122 valence electrons. The van der Waals surface area contributed by atoms with Gasteiger partial charge in [-0.05, 0) is 17.7 Å². The van der Waals surface area contributed by atoms with Crippen LogP contribution in [0.2, 0.25) is 0 Å². The molecular weight excluding hydrogens is 320 g/mol. The smallest absolute Gasteiger partial charge is 0.311 e. The van der Waals surface area contributed by atoms with Crippen LogP contribution < -0.4 is 0 Å². The number of hydrogen-bond donors (Lipinski definition) is 2. The number of rotatable bonds is 5. The van der Waals surface area contributed by atoms with Crippen molar-refractivity contribution in [1.82, 2.24) is 0 Å². The molecular formula is C14H10N4O6. The predicted octanol–water partition coefficient (Wildman–Crippen LogP) is 2.37. The van der Waals surface area contributed by atoms with Gasteiger partial charge in [0.15, 0.2) is 5.75 Å². The normalized spacial score (nSPS) is 11.2. The number of nitro groups is 2. The van der Waals surface area contributed by atoms with Gasteiger partial charge in [0.05, 0.1) is 22.3 Å². The minimum Gasteiger partial charge on any atom is -0.507 e. The van der Waals surface area contributed by atoms with Gasteiger partial charge in [0.2, 0.25) is 0 Å². The highest BCUT2D eigenvalue weighted by Gasteiger charge is 2.16. The van der Waals surface area contributed by atoms with E-state index < -0.39 is 27.0 Å². The lowest BCUT2D eigenvalue weighted by molar-refractivity contribution is -0.385. The number of benzene rings is 2. The number of hydrogen-bond acceptors (Lipinski definition) is 8. The average molecular weight is 330 g/mol. The summed E-state index contributed by atoms with van der Waals surface area (Å²) in [5.74, 6) is -1.06. The summed E-state index contributed by atoms with van der Waals surface area (Å²) >= 11 is 0. The van der Waals surface area contributed by atoms with E-state index in [9.17, 15) is 30.4 Å². The topological polar surface area (TPSA) is 151 Å². The van der Waals surface area contributed by atoms with Crippen molar-refractivity contribution in [2.45, 2.75) is 0 Å². The molecule has 0 aromatic heterocycles. The van der Waals surface area contributed by atoms with E-state index in [1.165, 1.54) is 30.5 Å². The Hall–Kier alpha value is -3.82. The minimum atomic E-state index is -0.799. The van der Waals surface area contributed by atoms with Gasteiger partial charge in [-0.1, -0.05) is 0 Å². The fourth-order valence-corrected chi connectivity index (χ4v) is 1.71. The van der Waals surface area contributed by atoms with E-state index >= 15 is 0 Å². The summed E-state index contributed by atoms with van der Waals surface area (Å²) in [7, 11) is 0. The number of non-ortho nitro benzene ring substituents is 1. The number of phenols is 2. The van der Waals surface area contributed by atoms with Crippen molar-refractivity contribution in [3.8, 4) is 11.5 Å². The second-order valence-corrected chi connectivity index (χ2v) is 4.49. The lowest BCUT2D eigenvalue weighted by Crippen LogP contribution is -1.91. The quantitative estimate of drug-likeness (QED) is 0.487. The van der Waals surface area contributed by atoms with E-state index in [1.807, 2.05) is 0 Å². The van der Waals surface area contributed by atoms with Crippen molar-refractivity contribution >= 4 is 23.8 Å². The zero-order valence-electron chi connectivity index (χ0n) is 11.9. The fourth-order valence-electron chi connectivity index (χ4n) is 1.71. The Kier molecular flexibility index (Phi) is 4.80. The third-order valence-electron chi connectivity index (χ3n) is 2.89. The molecule has 0 fully saturated rings. The maximum absolute atomic E-state index is 10.7. The van der Waals surface area contributed by atoms with E-state index in [4.69, 9.17) is 0 Å². The fraction of sp³-hybridized carbons (Fsp3) is 0. The maximum Gasteiger partial charge on any atom is 0.311 e. The molecule has 24 heavy (non-hydrogen) atoms. The Balaban J connectivity index is 2.15. The highest BCUT2D eigenvalue weighted by molar-refractivity contribution is 5.86. The van der Waals surface area contributed by atoms with Crippen molar-refractivity contribution in [3.63, 3.8) is 0 Å². The maximum atomic E-state index is 10.7. The van der Waals surface area contributed by atoms with Gasteiger partial charge in [0.1, 0.15) is 5.75 Å². The van der Waals surface area contributed by atoms with Crippen LogP contribution >= 0.6 is 0 Å². The summed E-state index contributed by atoms with van der Waals surface area (Å²) < 4.78 is 0. The number of aromatic hydroxyl groups is 2. The Bertz CT molecular complexity index is 845. The van der Waals surface area contributed by atoms with E-state index in [2.05, 4.69) is 10.2 Å². The van der Waals surface area contributed by atoms with Gasteiger partial charge < -0.3 is 10.2 Å². The molecule has 2 aromatic carbocycles. The highest BCUT2D eigenvalue weighted by atomic mass is 16.6.